The van der Waals surface area contributed by atoms with Crippen LogP contribution in [-0.4, -0.2) is 46.4 Å². The number of ether oxygens (including phenoxy) is 1. The van der Waals surface area contributed by atoms with Crippen molar-refractivity contribution in [1.29, 1.82) is 0 Å². The number of methoxy groups -OCH3 is 1. The first-order valence-electron chi connectivity index (χ1n) is 9.21. The van der Waals surface area contributed by atoms with Gasteiger partial charge in [0.15, 0.2) is 0 Å². The quantitative estimate of drug-likeness (QED) is 0.574. The summed E-state index contributed by atoms with van der Waals surface area (Å²) in [5, 5.41) is 10.7. The molecule has 6 nitrogen and oxygen atoms in total. The topological polar surface area (TPSA) is 74.3 Å². The molecule has 1 aliphatic rings. The van der Waals surface area contributed by atoms with Gasteiger partial charge in [0, 0.05) is 53.2 Å². The normalized spacial score (nSPS) is 14.3. The summed E-state index contributed by atoms with van der Waals surface area (Å²) in [7, 11) is 1.65. The molecule has 28 heavy (non-hydrogen) atoms. The van der Waals surface area contributed by atoms with Crippen molar-refractivity contribution in [1.82, 2.24) is 15.0 Å². The predicted molar refractivity (Wildman–Crippen MR) is 110 cm³/mol. The molecule has 4 heterocycles. The van der Waals surface area contributed by atoms with Crippen LogP contribution >= 0.6 is 0 Å². The number of anilines is 1. The van der Waals surface area contributed by atoms with Gasteiger partial charge < -0.3 is 19.7 Å². The van der Waals surface area contributed by atoms with Gasteiger partial charge in [0.2, 0.25) is 0 Å². The second-order valence-electron chi connectivity index (χ2n) is 7.06. The third kappa shape index (κ3) is 2.97. The van der Waals surface area contributed by atoms with Crippen LogP contribution in [0.4, 0.5) is 5.82 Å². The van der Waals surface area contributed by atoms with E-state index in [4.69, 9.17) is 4.74 Å². The van der Waals surface area contributed by atoms with Gasteiger partial charge in [-0.2, -0.15) is 0 Å². The van der Waals surface area contributed by atoms with E-state index >= 15 is 0 Å². The maximum Gasteiger partial charge on any atom is 0.137 e. The molecule has 0 bridgehead atoms. The van der Waals surface area contributed by atoms with Crippen LogP contribution in [0.2, 0.25) is 0 Å². The number of β-amino-alcohol motifs (C(OH)–C–C–N with tert-alkyl or cyclic N) is 1. The monoisotopic (exact) mass is 372 g/mol. The number of pyridine rings is 2. The molecular formula is C22H20N4O2. The number of H-pyrrole nitrogens is 1. The lowest BCUT2D eigenvalue weighted by Gasteiger charge is -2.36. The van der Waals surface area contributed by atoms with Gasteiger partial charge in [-0.05, 0) is 42.0 Å². The molecule has 0 atom stereocenters. The largest absolute Gasteiger partial charge is 0.495 e. The molecule has 0 radical (unpaired) electrons. The Morgan fingerprint density at radius 2 is 1.93 bits per heavy atom. The van der Waals surface area contributed by atoms with Gasteiger partial charge in [-0.25, -0.2) is 4.98 Å². The minimum absolute atomic E-state index is 0.247. The Hall–Kier alpha value is -3.38. The smallest absolute Gasteiger partial charge is 0.137 e. The summed E-state index contributed by atoms with van der Waals surface area (Å²) in [4.78, 5) is 14.2. The third-order valence-corrected chi connectivity index (χ3v) is 5.15. The first kappa shape index (κ1) is 16.8. The average Bonchev–Trinajstić information content (AvgIpc) is 3.15. The van der Waals surface area contributed by atoms with Crippen LogP contribution in [0, 0.1) is 0 Å². The molecule has 0 saturated carbocycles. The number of aliphatic hydroxyl groups is 1. The molecule has 4 aromatic rings. The van der Waals surface area contributed by atoms with E-state index in [9.17, 15) is 5.11 Å². The zero-order valence-corrected chi connectivity index (χ0v) is 15.5. The molecule has 140 valence electrons. The van der Waals surface area contributed by atoms with E-state index < -0.39 is 0 Å². The highest BCUT2D eigenvalue weighted by Crippen LogP contribution is 2.31. The average molecular weight is 372 g/mol. The molecular weight excluding hydrogens is 352 g/mol. The number of aliphatic hydroxyl groups excluding tert-OH is 1. The fraction of sp³-hybridized carbons (Fsp3) is 0.182. The fourth-order valence-corrected chi connectivity index (χ4v) is 3.56. The third-order valence-electron chi connectivity index (χ3n) is 5.15. The minimum atomic E-state index is -0.247. The maximum absolute atomic E-state index is 9.53. The van der Waals surface area contributed by atoms with E-state index in [1.165, 1.54) is 0 Å². The standard InChI is InChI=1S/C22H20N4O2/c1-28-19-7-17(10-23-11-19)14-2-3-20-16(6-14)8-21(25-20)15-4-5-24-22(9-15)26-12-18(27)13-26/h2-11,18,25,27H,12-13H2,1H3. The predicted octanol–water partition coefficient (Wildman–Crippen LogP) is 3.48. The van der Waals surface area contributed by atoms with E-state index in [0.717, 1.165) is 44.9 Å². The van der Waals surface area contributed by atoms with Gasteiger partial charge in [-0.3, -0.25) is 4.98 Å². The lowest BCUT2D eigenvalue weighted by atomic mass is 10.1. The van der Waals surface area contributed by atoms with Gasteiger partial charge in [-0.15, -0.1) is 0 Å². The van der Waals surface area contributed by atoms with Gasteiger partial charge >= 0.3 is 0 Å². The van der Waals surface area contributed by atoms with E-state index in [1.54, 1.807) is 13.3 Å². The maximum atomic E-state index is 9.53. The number of nitrogens with zero attached hydrogens (tertiary/aromatic N) is 3. The van der Waals surface area contributed by atoms with Crippen molar-refractivity contribution in [2.75, 3.05) is 25.1 Å². The second-order valence-corrected chi connectivity index (χ2v) is 7.06. The molecule has 0 spiro atoms. The van der Waals surface area contributed by atoms with Crippen LogP contribution < -0.4 is 9.64 Å². The first-order valence-corrected chi connectivity index (χ1v) is 9.21. The van der Waals surface area contributed by atoms with Crippen molar-refractivity contribution >= 4 is 16.7 Å². The van der Waals surface area contributed by atoms with E-state index in [1.807, 2.05) is 24.5 Å². The van der Waals surface area contributed by atoms with Crippen LogP contribution in [0.1, 0.15) is 0 Å². The van der Waals surface area contributed by atoms with E-state index in [2.05, 4.69) is 50.2 Å². The number of rotatable bonds is 4. The number of aromatic amines is 1. The van der Waals surface area contributed by atoms with Crippen molar-refractivity contribution in [3.05, 3.63) is 61.1 Å². The molecule has 1 fully saturated rings. The molecule has 1 aliphatic heterocycles. The molecule has 6 heteroatoms. The summed E-state index contributed by atoms with van der Waals surface area (Å²) in [6, 6.07) is 14.5. The highest BCUT2D eigenvalue weighted by Gasteiger charge is 2.25. The van der Waals surface area contributed by atoms with Crippen LogP contribution in [0.25, 0.3) is 33.3 Å². The van der Waals surface area contributed by atoms with Crippen molar-refractivity contribution in [2.45, 2.75) is 6.10 Å². The lowest BCUT2D eigenvalue weighted by Crippen LogP contribution is -2.51. The summed E-state index contributed by atoms with van der Waals surface area (Å²) in [6.07, 6.45) is 5.11. The van der Waals surface area contributed by atoms with Gasteiger partial charge in [0.1, 0.15) is 11.6 Å². The van der Waals surface area contributed by atoms with Crippen molar-refractivity contribution in [3.8, 4) is 28.1 Å². The molecule has 0 amide bonds. The number of fused-ring (bicyclic) bond motifs is 1. The minimum Gasteiger partial charge on any atom is -0.495 e. The Morgan fingerprint density at radius 3 is 2.75 bits per heavy atom. The van der Waals surface area contributed by atoms with Gasteiger partial charge in [0.05, 0.1) is 19.4 Å². The van der Waals surface area contributed by atoms with Crippen LogP contribution in [0.5, 0.6) is 5.75 Å². The van der Waals surface area contributed by atoms with Crippen LogP contribution in [0.3, 0.4) is 0 Å². The van der Waals surface area contributed by atoms with Crippen molar-refractivity contribution in [3.63, 3.8) is 0 Å². The Morgan fingerprint density at radius 1 is 1.04 bits per heavy atom. The molecule has 5 rings (SSSR count). The van der Waals surface area contributed by atoms with E-state index in [-0.39, 0.29) is 6.10 Å². The Bertz CT molecular complexity index is 1150. The molecule has 1 aromatic carbocycles. The Labute approximate surface area is 162 Å². The number of aromatic nitrogens is 3. The summed E-state index contributed by atoms with van der Waals surface area (Å²) in [5.74, 6) is 1.64. The number of hydrogen-bond donors (Lipinski definition) is 2. The van der Waals surface area contributed by atoms with Gasteiger partial charge in [0.25, 0.3) is 0 Å². The summed E-state index contributed by atoms with van der Waals surface area (Å²) < 4.78 is 5.28. The lowest BCUT2D eigenvalue weighted by molar-refractivity contribution is 0.141. The zero-order valence-electron chi connectivity index (χ0n) is 15.5. The summed E-state index contributed by atoms with van der Waals surface area (Å²) in [6.45, 7) is 1.28. The Kier molecular flexibility index (Phi) is 3.98. The molecule has 0 aliphatic carbocycles. The highest BCUT2D eigenvalue weighted by atomic mass is 16.5. The fourth-order valence-electron chi connectivity index (χ4n) is 3.56. The SMILES string of the molecule is COc1cncc(-c2ccc3[nH]c(-c4ccnc(N5CC(O)C5)c4)cc3c2)c1. The van der Waals surface area contributed by atoms with Gasteiger partial charge in [-0.1, -0.05) is 6.07 Å². The molecule has 1 saturated heterocycles. The highest BCUT2D eigenvalue weighted by molar-refractivity contribution is 5.89. The Balaban J connectivity index is 1.49. The first-order chi connectivity index (χ1) is 13.7. The van der Waals surface area contributed by atoms with Crippen LogP contribution in [-0.2, 0) is 0 Å². The summed E-state index contributed by atoms with van der Waals surface area (Å²) >= 11 is 0. The number of benzene rings is 1. The van der Waals surface area contributed by atoms with Crippen molar-refractivity contribution < 1.29 is 9.84 Å². The van der Waals surface area contributed by atoms with Crippen molar-refractivity contribution in [2.24, 2.45) is 0 Å². The molecule has 2 N–H and O–H groups in total. The van der Waals surface area contributed by atoms with Crippen LogP contribution in [0.15, 0.2) is 61.1 Å². The van der Waals surface area contributed by atoms with E-state index in [0.29, 0.717) is 13.1 Å². The second kappa shape index (κ2) is 6.65. The zero-order chi connectivity index (χ0) is 19.1. The molecule has 3 aromatic heterocycles. The summed E-state index contributed by atoms with van der Waals surface area (Å²) in [5.41, 5.74) is 5.31. The number of nitrogens with one attached hydrogen (secondary N) is 1. The number of hydrogen-bond acceptors (Lipinski definition) is 5. The molecule has 0 unspecified atom stereocenters.